The maximum Gasteiger partial charge on any atom is 0.226 e. The van der Waals surface area contributed by atoms with E-state index in [-0.39, 0.29) is 18.4 Å². The summed E-state index contributed by atoms with van der Waals surface area (Å²) in [6.07, 6.45) is 1.25. The molecule has 2 N–H and O–H groups in total. The molecule has 1 aromatic carbocycles. The van der Waals surface area contributed by atoms with Crippen molar-refractivity contribution >= 4 is 5.91 Å². The summed E-state index contributed by atoms with van der Waals surface area (Å²) in [4.78, 5) is 12.1. The second-order valence-electron chi connectivity index (χ2n) is 5.96. The highest BCUT2D eigenvalue weighted by atomic mass is 16.5. The highest BCUT2D eigenvalue weighted by molar-refractivity contribution is 5.78. The summed E-state index contributed by atoms with van der Waals surface area (Å²) in [7, 11) is 0. The van der Waals surface area contributed by atoms with Crippen LogP contribution in [0, 0.1) is 0 Å². The molecule has 0 aliphatic rings. The molecule has 0 fully saturated rings. The van der Waals surface area contributed by atoms with Crippen molar-refractivity contribution in [3.63, 3.8) is 0 Å². The molecule has 25 heavy (non-hydrogen) atoms. The van der Waals surface area contributed by atoms with E-state index in [9.17, 15) is 9.90 Å². The van der Waals surface area contributed by atoms with Gasteiger partial charge in [-0.1, -0.05) is 35.5 Å². The molecule has 2 heterocycles. The SMILES string of the molecule is CC(CC(O)c1ccco1)NC(=O)Cc1cc(-c2ccccc2)on1. The number of amides is 1. The van der Waals surface area contributed by atoms with E-state index in [2.05, 4.69) is 10.5 Å². The van der Waals surface area contributed by atoms with Gasteiger partial charge in [-0.25, -0.2) is 0 Å². The highest BCUT2D eigenvalue weighted by Crippen LogP contribution is 2.20. The molecule has 1 amide bonds. The van der Waals surface area contributed by atoms with Gasteiger partial charge in [0.15, 0.2) is 5.76 Å². The summed E-state index contributed by atoms with van der Waals surface area (Å²) in [6.45, 7) is 1.84. The topological polar surface area (TPSA) is 88.5 Å². The number of carbonyl (C=O) groups excluding carboxylic acids is 1. The molecule has 0 aliphatic heterocycles. The fourth-order valence-electron chi connectivity index (χ4n) is 2.61. The maximum absolute atomic E-state index is 12.1. The number of benzene rings is 1. The van der Waals surface area contributed by atoms with Crippen molar-refractivity contribution in [1.29, 1.82) is 0 Å². The molecule has 0 spiro atoms. The maximum atomic E-state index is 12.1. The van der Waals surface area contributed by atoms with E-state index in [0.29, 0.717) is 23.6 Å². The lowest BCUT2D eigenvalue weighted by molar-refractivity contribution is -0.121. The van der Waals surface area contributed by atoms with Crippen molar-refractivity contribution in [2.24, 2.45) is 0 Å². The molecule has 2 unspecified atom stereocenters. The number of nitrogens with zero attached hydrogens (tertiary/aromatic N) is 1. The molecule has 3 rings (SSSR count). The quantitative estimate of drug-likeness (QED) is 0.690. The minimum absolute atomic E-state index is 0.123. The van der Waals surface area contributed by atoms with Crippen molar-refractivity contribution in [2.45, 2.75) is 31.9 Å². The first-order chi connectivity index (χ1) is 12.1. The van der Waals surface area contributed by atoms with Gasteiger partial charge in [-0.05, 0) is 19.1 Å². The fraction of sp³-hybridized carbons (Fsp3) is 0.263. The molecule has 6 heteroatoms. The van der Waals surface area contributed by atoms with Crippen molar-refractivity contribution in [3.05, 3.63) is 66.2 Å². The Hall–Kier alpha value is -2.86. The predicted octanol–water partition coefficient (Wildman–Crippen LogP) is 3.11. The van der Waals surface area contributed by atoms with Gasteiger partial charge in [0.05, 0.1) is 18.4 Å². The van der Waals surface area contributed by atoms with E-state index in [1.165, 1.54) is 6.26 Å². The van der Waals surface area contributed by atoms with Crippen LogP contribution >= 0.6 is 0 Å². The van der Waals surface area contributed by atoms with E-state index >= 15 is 0 Å². The lowest BCUT2D eigenvalue weighted by Gasteiger charge is -2.16. The van der Waals surface area contributed by atoms with Gasteiger partial charge >= 0.3 is 0 Å². The predicted molar refractivity (Wildman–Crippen MR) is 91.5 cm³/mol. The Morgan fingerprint density at radius 1 is 1.24 bits per heavy atom. The summed E-state index contributed by atoms with van der Waals surface area (Å²) in [5.74, 6) is 0.946. The summed E-state index contributed by atoms with van der Waals surface area (Å²) < 4.78 is 10.4. The zero-order chi connectivity index (χ0) is 17.6. The van der Waals surface area contributed by atoms with Gasteiger partial charge in [0.25, 0.3) is 0 Å². The molecule has 130 valence electrons. The summed E-state index contributed by atoms with van der Waals surface area (Å²) in [6, 6.07) is 14.6. The number of aliphatic hydroxyl groups excluding tert-OH is 1. The number of aliphatic hydroxyl groups is 1. The van der Waals surface area contributed by atoms with Crippen LogP contribution in [0.2, 0.25) is 0 Å². The first-order valence-electron chi connectivity index (χ1n) is 8.13. The average Bonchev–Trinajstić information content (AvgIpc) is 3.27. The van der Waals surface area contributed by atoms with Crippen LogP contribution in [-0.4, -0.2) is 22.2 Å². The number of rotatable bonds is 7. The van der Waals surface area contributed by atoms with Gasteiger partial charge in [0, 0.05) is 24.1 Å². The summed E-state index contributed by atoms with van der Waals surface area (Å²) in [5.41, 5.74) is 1.48. The van der Waals surface area contributed by atoms with Gasteiger partial charge < -0.3 is 19.4 Å². The number of hydrogen-bond donors (Lipinski definition) is 2. The molecule has 6 nitrogen and oxygen atoms in total. The van der Waals surface area contributed by atoms with Crippen molar-refractivity contribution in [1.82, 2.24) is 10.5 Å². The summed E-state index contributed by atoms with van der Waals surface area (Å²) >= 11 is 0. The van der Waals surface area contributed by atoms with Gasteiger partial charge in [0.1, 0.15) is 11.9 Å². The Bertz CT molecular complexity index is 796. The Balaban J connectivity index is 1.51. The third-order valence-corrected chi connectivity index (χ3v) is 3.81. The van der Waals surface area contributed by atoms with Gasteiger partial charge in [-0.15, -0.1) is 0 Å². The van der Waals surface area contributed by atoms with Crippen LogP contribution in [0.4, 0.5) is 0 Å². The molecule has 3 aromatic rings. The highest BCUT2D eigenvalue weighted by Gasteiger charge is 2.17. The van der Waals surface area contributed by atoms with Crippen LogP contribution in [-0.2, 0) is 11.2 Å². The molecule has 0 bridgehead atoms. The smallest absolute Gasteiger partial charge is 0.226 e. The van der Waals surface area contributed by atoms with Crippen LogP contribution in [0.25, 0.3) is 11.3 Å². The lowest BCUT2D eigenvalue weighted by atomic mass is 10.1. The molecular formula is C19H20N2O4. The Labute approximate surface area is 145 Å². The summed E-state index contributed by atoms with van der Waals surface area (Å²) in [5, 5.41) is 16.8. The number of nitrogens with one attached hydrogen (secondary N) is 1. The zero-order valence-corrected chi connectivity index (χ0v) is 13.9. The van der Waals surface area contributed by atoms with E-state index in [1.54, 1.807) is 18.2 Å². The van der Waals surface area contributed by atoms with E-state index in [1.807, 2.05) is 37.3 Å². The molecule has 0 aliphatic carbocycles. The molecule has 2 atom stereocenters. The number of furan rings is 1. The normalized spacial score (nSPS) is 13.4. The third-order valence-electron chi connectivity index (χ3n) is 3.81. The minimum atomic E-state index is -0.748. The van der Waals surface area contributed by atoms with Crippen molar-refractivity contribution < 1.29 is 18.8 Å². The van der Waals surface area contributed by atoms with Crippen LogP contribution in [0.3, 0.4) is 0 Å². The third kappa shape index (κ3) is 4.58. The Morgan fingerprint density at radius 2 is 2.04 bits per heavy atom. The minimum Gasteiger partial charge on any atom is -0.467 e. The van der Waals surface area contributed by atoms with E-state index in [4.69, 9.17) is 8.94 Å². The van der Waals surface area contributed by atoms with Crippen LogP contribution < -0.4 is 5.32 Å². The first-order valence-corrected chi connectivity index (χ1v) is 8.13. The molecular weight excluding hydrogens is 320 g/mol. The molecule has 0 saturated heterocycles. The lowest BCUT2D eigenvalue weighted by Crippen LogP contribution is -2.34. The first kappa shape index (κ1) is 17.0. The standard InChI is InChI=1S/C19H20N2O4/c1-13(10-16(22)17-8-5-9-24-17)20-19(23)12-15-11-18(25-21-15)14-6-3-2-4-7-14/h2-9,11,13,16,22H,10,12H2,1H3,(H,20,23). The number of aromatic nitrogens is 1. The molecule has 0 saturated carbocycles. The number of carbonyl (C=O) groups is 1. The van der Waals surface area contributed by atoms with Crippen molar-refractivity contribution in [2.75, 3.05) is 0 Å². The Kier molecular flexibility index (Phi) is 5.30. The average molecular weight is 340 g/mol. The zero-order valence-electron chi connectivity index (χ0n) is 13.9. The monoisotopic (exact) mass is 340 g/mol. The largest absolute Gasteiger partial charge is 0.467 e. The van der Waals surface area contributed by atoms with Gasteiger partial charge in [0.2, 0.25) is 5.91 Å². The molecule has 2 aromatic heterocycles. The van der Waals surface area contributed by atoms with E-state index in [0.717, 1.165) is 5.56 Å². The van der Waals surface area contributed by atoms with Crippen LogP contribution in [0.1, 0.15) is 30.9 Å². The fourth-order valence-corrected chi connectivity index (χ4v) is 2.61. The second kappa shape index (κ2) is 7.81. The second-order valence-corrected chi connectivity index (χ2v) is 5.96. The Morgan fingerprint density at radius 3 is 2.76 bits per heavy atom. The van der Waals surface area contributed by atoms with Gasteiger partial charge in [-0.3, -0.25) is 4.79 Å². The van der Waals surface area contributed by atoms with Crippen LogP contribution in [0.15, 0.2) is 63.7 Å². The van der Waals surface area contributed by atoms with E-state index < -0.39 is 6.10 Å². The van der Waals surface area contributed by atoms with Crippen molar-refractivity contribution in [3.8, 4) is 11.3 Å². The van der Waals surface area contributed by atoms with Crippen LogP contribution in [0.5, 0.6) is 0 Å². The van der Waals surface area contributed by atoms with Gasteiger partial charge in [-0.2, -0.15) is 0 Å². The molecule has 0 radical (unpaired) electrons. The number of hydrogen-bond acceptors (Lipinski definition) is 5.